The van der Waals surface area contributed by atoms with Gasteiger partial charge in [0.25, 0.3) is 0 Å². The van der Waals surface area contributed by atoms with Crippen molar-refractivity contribution in [2.45, 2.75) is 39.2 Å². The second-order valence-corrected chi connectivity index (χ2v) is 7.34. The topological polar surface area (TPSA) is 49.4 Å². The van der Waals surface area contributed by atoms with E-state index in [9.17, 15) is 8.42 Å². The molecule has 0 aromatic heterocycles. The van der Waals surface area contributed by atoms with Crippen LogP contribution in [0.4, 0.5) is 0 Å². The van der Waals surface area contributed by atoms with Gasteiger partial charge in [-0.15, -0.1) is 0 Å². The Morgan fingerprint density at radius 3 is 2.38 bits per heavy atom. The third-order valence-electron chi connectivity index (χ3n) is 3.66. The zero-order valence-electron chi connectivity index (χ0n) is 13.4. The van der Waals surface area contributed by atoms with Crippen LogP contribution in [0.25, 0.3) is 0 Å². The first-order valence-corrected chi connectivity index (χ1v) is 9.54. The van der Waals surface area contributed by atoms with Crippen molar-refractivity contribution >= 4 is 10.0 Å². The van der Waals surface area contributed by atoms with Crippen molar-refractivity contribution in [3.63, 3.8) is 0 Å². The highest BCUT2D eigenvalue weighted by Gasteiger charge is 2.13. The van der Waals surface area contributed by atoms with E-state index < -0.39 is 10.0 Å². The van der Waals surface area contributed by atoms with Crippen molar-refractivity contribution in [3.8, 4) is 0 Å². The van der Waals surface area contributed by atoms with Crippen molar-refractivity contribution in [2.75, 3.05) is 25.9 Å². The van der Waals surface area contributed by atoms with Crippen LogP contribution in [0.2, 0.25) is 0 Å². The second-order valence-electron chi connectivity index (χ2n) is 5.36. The van der Waals surface area contributed by atoms with Gasteiger partial charge < -0.3 is 5.32 Å². The van der Waals surface area contributed by atoms with Gasteiger partial charge in [0.15, 0.2) is 0 Å². The lowest BCUT2D eigenvalue weighted by molar-refractivity contribution is 0.406. The third-order valence-corrected chi connectivity index (χ3v) is 5.04. The van der Waals surface area contributed by atoms with Gasteiger partial charge in [-0.3, -0.25) is 0 Å². The summed E-state index contributed by atoms with van der Waals surface area (Å²) in [5.74, 6) is 0. The summed E-state index contributed by atoms with van der Waals surface area (Å²) in [6.07, 6.45) is 4.19. The molecule has 1 unspecified atom stereocenters. The molecular weight excluding hydrogens is 284 g/mol. The normalized spacial score (nSPS) is 13.5. The molecule has 1 N–H and O–H groups in total. The predicted octanol–water partition coefficient (Wildman–Crippen LogP) is 2.27. The van der Waals surface area contributed by atoms with E-state index in [1.54, 1.807) is 0 Å². The Morgan fingerprint density at radius 1 is 1.19 bits per heavy atom. The summed E-state index contributed by atoms with van der Waals surface area (Å²) in [5, 5.41) is 3.53. The van der Waals surface area contributed by atoms with Crippen molar-refractivity contribution < 1.29 is 8.42 Å². The first-order chi connectivity index (χ1) is 9.97. The summed E-state index contributed by atoms with van der Waals surface area (Å²) < 4.78 is 24.5. The van der Waals surface area contributed by atoms with Crippen LogP contribution in [0.15, 0.2) is 30.3 Å². The van der Waals surface area contributed by atoms with Gasteiger partial charge in [0.1, 0.15) is 0 Å². The quantitative estimate of drug-likeness (QED) is 0.674. The average molecular weight is 312 g/mol. The molecule has 0 saturated heterocycles. The van der Waals surface area contributed by atoms with Gasteiger partial charge in [-0.2, -0.15) is 0 Å². The number of benzene rings is 1. The molecule has 1 atom stereocenters. The molecule has 0 bridgehead atoms. The number of sulfonamides is 1. The Kier molecular flexibility index (Phi) is 7.93. The highest BCUT2D eigenvalue weighted by molar-refractivity contribution is 7.88. The summed E-state index contributed by atoms with van der Waals surface area (Å²) in [7, 11) is -3.06. The first kappa shape index (κ1) is 18.1. The molecular formula is C16H28N2O2S. The van der Waals surface area contributed by atoms with Crippen LogP contribution in [0.3, 0.4) is 0 Å². The molecule has 4 nitrogen and oxygen atoms in total. The summed E-state index contributed by atoms with van der Waals surface area (Å²) in [6, 6.07) is 10.9. The van der Waals surface area contributed by atoms with Crippen LogP contribution >= 0.6 is 0 Å². The summed E-state index contributed by atoms with van der Waals surface area (Å²) in [6.45, 7) is 6.02. The van der Waals surface area contributed by atoms with Gasteiger partial charge in [0.05, 0.1) is 6.26 Å². The minimum atomic E-state index is -3.06. The fraction of sp³-hybridized carbons (Fsp3) is 0.625. The molecule has 0 spiro atoms. The molecule has 0 amide bonds. The Bertz CT molecular complexity index is 488. The summed E-state index contributed by atoms with van der Waals surface area (Å²) >= 11 is 0. The zero-order chi connectivity index (χ0) is 15.7. The smallest absolute Gasteiger partial charge is 0.211 e. The van der Waals surface area contributed by atoms with Crippen molar-refractivity contribution in [1.29, 1.82) is 0 Å². The second kappa shape index (κ2) is 9.18. The van der Waals surface area contributed by atoms with E-state index >= 15 is 0 Å². The Morgan fingerprint density at radius 2 is 1.86 bits per heavy atom. The van der Waals surface area contributed by atoms with Crippen LogP contribution in [0.5, 0.6) is 0 Å². The molecule has 0 heterocycles. The molecule has 120 valence electrons. The van der Waals surface area contributed by atoms with E-state index in [1.165, 1.54) is 16.1 Å². The minimum Gasteiger partial charge on any atom is -0.314 e. The van der Waals surface area contributed by atoms with Gasteiger partial charge in [0, 0.05) is 19.1 Å². The summed E-state index contributed by atoms with van der Waals surface area (Å²) in [5.41, 5.74) is 1.34. The molecule has 0 saturated carbocycles. The first-order valence-electron chi connectivity index (χ1n) is 7.69. The van der Waals surface area contributed by atoms with E-state index in [1.807, 2.05) is 13.0 Å². The van der Waals surface area contributed by atoms with E-state index in [2.05, 4.69) is 36.5 Å². The number of nitrogens with zero attached hydrogens (tertiary/aromatic N) is 1. The van der Waals surface area contributed by atoms with Crippen molar-refractivity contribution in [3.05, 3.63) is 35.9 Å². The monoisotopic (exact) mass is 312 g/mol. The predicted molar refractivity (Wildman–Crippen MR) is 88.9 cm³/mol. The number of nitrogens with one attached hydrogen (secondary N) is 1. The van der Waals surface area contributed by atoms with Crippen LogP contribution in [0, 0.1) is 0 Å². The van der Waals surface area contributed by atoms with E-state index in [0.717, 1.165) is 25.8 Å². The van der Waals surface area contributed by atoms with Crippen molar-refractivity contribution in [2.24, 2.45) is 0 Å². The molecule has 0 radical (unpaired) electrons. The molecule has 0 aliphatic carbocycles. The molecule has 1 aromatic carbocycles. The standard InChI is InChI=1S/C16H28N2O2S/c1-4-16(14-15-10-7-6-8-11-15)17-12-9-13-18(5-2)21(3,19)20/h6-8,10-11,16-17H,4-5,9,12-14H2,1-3H3. The lowest BCUT2D eigenvalue weighted by atomic mass is 10.0. The molecule has 0 aliphatic rings. The SMILES string of the molecule is CCC(Cc1ccccc1)NCCCN(CC)S(C)(=O)=O. The maximum Gasteiger partial charge on any atom is 0.211 e. The largest absolute Gasteiger partial charge is 0.314 e. The van der Waals surface area contributed by atoms with Gasteiger partial charge in [0.2, 0.25) is 10.0 Å². The molecule has 21 heavy (non-hydrogen) atoms. The average Bonchev–Trinajstić information content (AvgIpc) is 2.45. The summed E-state index contributed by atoms with van der Waals surface area (Å²) in [4.78, 5) is 0. The van der Waals surface area contributed by atoms with Gasteiger partial charge >= 0.3 is 0 Å². The van der Waals surface area contributed by atoms with Crippen molar-refractivity contribution in [1.82, 2.24) is 9.62 Å². The highest BCUT2D eigenvalue weighted by atomic mass is 32.2. The van der Waals surface area contributed by atoms with E-state index in [-0.39, 0.29) is 0 Å². The lowest BCUT2D eigenvalue weighted by Gasteiger charge is -2.20. The van der Waals surface area contributed by atoms with Crippen LogP contribution in [-0.2, 0) is 16.4 Å². The molecule has 1 aromatic rings. The maximum atomic E-state index is 11.5. The van der Waals surface area contributed by atoms with Gasteiger partial charge in [-0.05, 0) is 31.4 Å². The number of hydrogen-bond acceptors (Lipinski definition) is 3. The fourth-order valence-electron chi connectivity index (χ4n) is 2.38. The zero-order valence-corrected chi connectivity index (χ0v) is 14.2. The van der Waals surface area contributed by atoms with E-state index in [4.69, 9.17) is 0 Å². The Labute approximate surface area is 129 Å². The van der Waals surface area contributed by atoms with Crippen LogP contribution < -0.4 is 5.32 Å². The number of rotatable bonds is 10. The number of hydrogen-bond donors (Lipinski definition) is 1. The highest BCUT2D eigenvalue weighted by Crippen LogP contribution is 2.06. The van der Waals surface area contributed by atoms with Gasteiger partial charge in [-0.1, -0.05) is 44.2 Å². The molecule has 0 fully saturated rings. The molecule has 1 rings (SSSR count). The van der Waals surface area contributed by atoms with Gasteiger partial charge in [-0.25, -0.2) is 12.7 Å². The minimum absolute atomic E-state index is 0.445. The lowest BCUT2D eigenvalue weighted by Crippen LogP contribution is -2.35. The molecule has 0 aliphatic heterocycles. The van der Waals surface area contributed by atoms with Crippen LogP contribution in [0.1, 0.15) is 32.3 Å². The van der Waals surface area contributed by atoms with Crippen LogP contribution in [-0.4, -0.2) is 44.7 Å². The molecule has 5 heteroatoms. The Balaban J connectivity index is 2.33. The maximum absolute atomic E-state index is 11.5. The fourth-order valence-corrected chi connectivity index (χ4v) is 3.31. The van der Waals surface area contributed by atoms with E-state index in [0.29, 0.717) is 19.1 Å². The third kappa shape index (κ3) is 7.07. The Hall–Kier alpha value is -0.910.